The average Bonchev–Trinajstić information content (AvgIpc) is 2.66. The van der Waals surface area contributed by atoms with Crippen LogP contribution in [0.2, 0.25) is 0 Å². The summed E-state index contributed by atoms with van der Waals surface area (Å²) >= 11 is 0. The normalized spacial score (nSPS) is 10.3. The summed E-state index contributed by atoms with van der Waals surface area (Å²) in [5.74, 6) is 0.374. The third-order valence-corrected chi connectivity index (χ3v) is 2.86. The van der Waals surface area contributed by atoms with E-state index in [9.17, 15) is 4.79 Å². The maximum Gasteiger partial charge on any atom is 0.249 e. The number of anilines is 1. The zero-order valence-corrected chi connectivity index (χ0v) is 10.5. The molecule has 0 bridgehead atoms. The standard InChI is InChI=1S/C13H16N4O/c1-9-7-12(16-17(9)2)15-8-10-5-3-4-6-11(10)13(14)18/h3-7H,8H2,1-2H3,(H2,14,18)(H,15,16). The van der Waals surface area contributed by atoms with Gasteiger partial charge in [-0.05, 0) is 18.6 Å². The highest BCUT2D eigenvalue weighted by atomic mass is 16.1. The Bertz CT molecular complexity index is 555. The summed E-state index contributed by atoms with van der Waals surface area (Å²) in [6, 6.07) is 9.24. The molecular weight excluding hydrogens is 228 g/mol. The first-order valence-electron chi connectivity index (χ1n) is 5.70. The van der Waals surface area contributed by atoms with Crippen LogP contribution in [0, 0.1) is 6.92 Å². The third kappa shape index (κ3) is 2.51. The molecule has 0 aliphatic heterocycles. The lowest BCUT2D eigenvalue weighted by molar-refractivity contribution is 0.0999. The van der Waals surface area contributed by atoms with Gasteiger partial charge in [0.15, 0.2) is 0 Å². The van der Waals surface area contributed by atoms with Gasteiger partial charge in [0.2, 0.25) is 5.91 Å². The van der Waals surface area contributed by atoms with E-state index >= 15 is 0 Å². The number of nitrogens with one attached hydrogen (secondary N) is 1. The Morgan fingerprint density at radius 3 is 2.78 bits per heavy atom. The number of aryl methyl sites for hydroxylation is 2. The Balaban J connectivity index is 2.13. The number of primary amides is 1. The molecule has 0 radical (unpaired) electrons. The van der Waals surface area contributed by atoms with Gasteiger partial charge in [0, 0.05) is 30.9 Å². The Morgan fingerprint density at radius 1 is 1.44 bits per heavy atom. The van der Waals surface area contributed by atoms with Crippen LogP contribution in [0.3, 0.4) is 0 Å². The zero-order chi connectivity index (χ0) is 13.1. The van der Waals surface area contributed by atoms with E-state index in [1.807, 2.05) is 32.2 Å². The minimum atomic E-state index is -0.412. The lowest BCUT2D eigenvalue weighted by atomic mass is 10.1. The van der Waals surface area contributed by atoms with E-state index in [0.717, 1.165) is 17.1 Å². The summed E-state index contributed by atoms with van der Waals surface area (Å²) in [4.78, 5) is 11.3. The highest BCUT2D eigenvalue weighted by Crippen LogP contribution is 2.12. The average molecular weight is 244 g/mol. The van der Waals surface area contributed by atoms with Gasteiger partial charge in [0.05, 0.1) is 0 Å². The Hall–Kier alpha value is -2.30. The van der Waals surface area contributed by atoms with Crippen LogP contribution in [-0.4, -0.2) is 15.7 Å². The first kappa shape index (κ1) is 12.2. The number of amides is 1. The van der Waals surface area contributed by atoms with E-state index in [2.05, 4.69) is 10.4 Å². The molecule has 2 rings (SSSR count). The first-order valence-corrected chi connectivity index (χ1v) is 5.70. The van der Waals surface area contributed by atoms with Gasteiger partial charge in [0.1, 0.15) is 5.82 Å². The molecule has 0 aliphatic carbocycles. The predicted octanol–water partition coefficient (Wildman–Crippen LogP) is 1.44. The molecule has 1 heterocycles. The predicted molar refractivity (Wildman–Crippen MR) is 70.2 cm³/mol. The van der Waals surface area contributed by atoms with Gasteiger partial charge >= 0.3 is 0 Å². The Morgan fingerprint density at radius 2 is 2.17 bits per heavy atom. The summed E-state index contributed by atoms with van der Waals surface area (Å²) in [5.41, 5.74) is 7.80. The van der Waals surface area contributed by atoms with Crippen molar-refractivity contribution in [2.75, 3.05) is 5.32 Å². The molecule has 0 spiro atoms. The lowest BCUT2D eigenvalue weighted by Gasteiger charge is -2.07. The van der Waals surface area contributed by atoms with Crippen LogP contribution >= 0.6 is 0 Å². The second-order valence-electron chi connectivity index (χ2n) is 4.17. The van der Waals surface area contributed by atoms with Crippen molar-refractivity contribution in [2.45, 2.75) is 13.5 Å². The Labute approximate surface area is 106 Å². The zero-order valence-electron chi connectivity index (χ0n) is 10.5. The maximum atomic E-state index is 11.3. The van der Waals surface area contributed by atoms with Crippen LogP contribution in [0.4, 0.5) is 5.82 Å². The molecule has 0 unspecified atom stereocenters. The number of nitrogens with two attached hydrogens (primary N) is 1. The molecule has 0 fully saturated rings. The minimum absolute atomic E-state index is 0.412. The monoisotopic (exact) mass is 244 g/mol. The van der Waals surface area contributed by atoms with Gasteiger partial charge in [0.25, 0.3) is 0 Å². The van der Waals surface area contributed by atoms with Gasteiger partial charge in [-0.15, -0.1) is 0 Å². The summed E-state index contributed by atoms with van der Waals surface area (Å²) < 4.78 is 1.79. The van der Waals surface area contributed by atoms with Crippen LogP contribution in [0.1, 0.15) is 21.6 Å². The number of rotatable bonds is 4. The number of aromatic nitrogens is 2. The van der Waals surface area contributed by atoms with Crippen molar-refractivity contribution in [3.8, 4) is 0 Å². The van der Waals surface area contributed by atoms with Crippen LogP contribution in [0.15, 0.2) is 30.3 Å². The summed E-state index contributed by atoms with van der Waals surface area (Å²) in [7, 11) is 1.89. The van der Waals surface area contributed by atoms with Crippen molar-refractivity contribution in [1.29, 1.82) is 0 Å². The molecule has 18 heavy (non-hydrogen) atoms. The molecule has 0 saturated carbocycles. The van der Waals surface area contributed by atoms with Gasteiger partial charge < -0.3 is 11.1 Å². The second kappa shape index (κ2) is 4.91. The molecule has 1 aromatic carbocycles. The molecule has 3 N–H and O–H groups in total. The molecule has 1 amide bonds. The summed E-state index contributed by atoms with van der Waals surface area (Å²) in [5, 5.41) is 7.47. The van der Waals surface area contributed by atoms with Gasteiger partial charge in [-0.3, -0.25) is 9.48 Å². The molecule has 0 atom stereocenters. The fourth-order valence-electron chi connectivity index (χ4n) is 1.75. The molecule has 94 valence electrons. The van der Waals surface area contributed by atoms with Crippen molar-refractivity contribution >= 4 is 11.7 Å². The number of carbonyl (C=O) groups excluding carboxylic acids is 1. The number of nitrogens with zero attached hydrogens (tertiary/aromatic N) is 2. The summed E-state index contributed by atoms with van der Waals surface area (Å²) in [6.07, 6.45) is 0. The smallest absolute Gasteiger partial charge is 0.249 e. The SMILES string of the molecule is Cc1cc(NCc2ccccc2C(N)=O)nn1C. The highest BCUT2D eigenvalue weighted by Gasteiger charge is 2.07. The Kier molecular flexibility index (Phi) is 3.32. The molecule has 5 heteroatoms. The van der Waals surface area contributed by atoms with Gasteiger partial charge in [-0.1, -0.05) is 18.2 Å². The van der Waals surface area contributed by atoms with Crippen molar-refractivity contribution in [1.82, 2.24) is 9.78 Å². The lowest BCUT2D eigenvalue weighted by Crippen LogP contribution is -2.15. The van der Waals surface area contributed by atoms with Crippen LogP contribution in [-0.2, 0) is 13.6 Å². The van der Waals surface area contributed by atoms with E-state index in [1.54, 1.807) is 16.8 Å². The van der Waals surface area contributed by atoms with Crippen LogP contribution in [0.25, 0.3) is 0 Å². The van der Waals surface area contributed by atoms with Crippen molar-refractivity contribution in [3.05, 3.63) is 47.2 Å². The number of hydrogen-bond donors (Lipinski definition) is 2. The van der Waals surface area contributed by atoms with Gasteiger partial charge in [-0.25, -0.2) is 0 Å². The molecule has 0 aliphatic rings. The third-order valence-electron chi connectivity index (χ3n) is 2.86. The van der Waals surface area contributed by atoms with Crippen molar-refractivity contribution in [3.63, 3.8) is 0 Å². The fraction of sp³-hybridized carbons (Fsp3) is 0.231. The largest absolute Gasteiger partial charge is 0.366 e. The molecule has 2 aromatic rings. The topological polar surface area (TPSA) is 72.9 Å². The molecule has 0 saturated heterocycles. The van der Waals surface area contributed by atoms with Crippen molar-refractivity contribution in [2.24, 2.45) is 12.8 Å². The van der Waals surface area contributed by atoms with E-state index in [0.29, 0.717) is 12.1 Å². The summed E-state index contributed by atoms with van der Waals surface area (Å²) in [6.45, 7) is 2.51. The van der Waals surface area contributed by atoms with E-state index in [4.69, 9.17) is 5.73 Å². The minimum Gasteiger partial charge on any atom is -0.366 e. The number of carbonyl (C=O) groups is 1. The first-order chi connectivity index (χ1) is 8.58. The number of benzene rings is 1. The quantitative estimate of drug-likeness (QED) is 0.854. The fourth-order valence-corrected chi connectivity index (χ4v) is 1.75. The van der Waals surface area contributed by atoms with Crippen LogP contribution in [0.5, 0.6) is 0 Å². The van der Waals surface area contributed by atoms with Gasteiger partial charge in [-0.2, -0.15) is 5.10 Å². The molecule has 5 nitrogen and oxygen atoms in total. The maximum absolute atomic E-state index is 11.3. The van der Waals surface area contributed by atoms with E-state index in [1.165, 1.54) is 0 Å². The second-order valence-corrected chi connectivity index (χ2v) is 4.17. The number of hydrogen-bond acceptors (Lipinski definition) is 3. The van der Waals surface area contributed by atoms with Crippen molar-refractivity contribution < 1.29 is 4.79 Å². The molecular formula is C13H16N4O. The molecule has 1 aromatic heterocycles. The van der Waals surface area contributed by atoms with E-state index < -0.39 is 5.91 Å². The van der Waals surface area contributed by atoms with E-state index in [-0.39, 0.29) is 0 Å². The van der Waals surface area contributed by atoms with Crippen LogP contribution < -0.4 is 11.1 Å². The highest BCUT2D eigenvalue weighted by molar-refractivity contribution is 5.94.